The SMILES string of the molecule is CCCn1ccc(CNc2c(C)cccc2F)c1. The van der Waals surface area contributed by atoms with Crippen molar-refractivity contribution in [3.8, 4) is 0 Å². The average Bonchev–Trinajstić information content (AvgIpc) is 2.77. The van der Waals surface area contributed by atoms with Gasteiger partial charge in [0.1, 0.15) is 5.82 Å². The van der Waals surface area contributed by atoms with Crippen molar-refractivity contribution in [3.05, 3.63) is 53.6 Å². The molecule has 18 heavy (non-hydrogen) atoms. The van der Waals surface area contributed by atoms with Gasteiger partial charge in [0.25, 0.3) is 0 Å². The molecule has 0 aliphatic heterocycles. The van der Waals surface area contributed by atoms with Crippen LogP contribution in [-0.2, 0) is 13.1 Å². The molecule has 2 nitrogen and oxygen atoms in total. The van der Waals surface area contributed by atoms with Crippen LogP contribution in [0.1, 0.15) is 24.5 Å². The van der Waals surface area contributed by atoms with Crippen LogP contribution in [0.2, 0.25) is 0 Å². The molecule has 0 bridgehead atoms. The van der Waals surface area contributed by atoms with Crippen LogP contribution in [0, 0.1) is 12.7 Å². The van der Waals surface area contributed by atoms with Crippen molar-refractivity contribution in [1.29, 1.82) is 0 Å². The summed E-state index contributed by atoms with van der Waals surface area (Å²) >= 11 is 0. The van der Waals surface area contributed by atoms with E-state index in [2.05, 4.69) is 35.3 Å². The molecule has 0 aliphatic rings. The van der Waals surface area contributed by atoms with Crippen LogP contribution in [0.15, 0.2) is 36.7 Å². The molecule has 1 N–H and O–H groups in total. The number of aromatic nitrogens is 1. The zero-order valence-corrected chi connectivity index (χ0v) is 10.9. The summed E-state index contributed by atoms with van der Waals surface area (Å²) in [7, 11) is 0. The van der Waals surface area contributed by atoms with E-state index in [0.29, 0.717) is 12.2 Å². The smallest absolute Gasteiger partial charge is 0.146 e. The van der Waals surface area contributed by atoms with Crippen molar-refractivity contribution in [2.45, 2.75) is 33.4 Å². The minimum atomic E-state index is -0.192. The maximum atomic E-state index is 13.6. The van der Waals surface area contributed by atoms with E-state index in [0.717, 1.165) is 18.5 Å². The zero-order chi connectivity index (χ0) is 13.0. The molecule has 3 heteroatoms. The van der Waals surface area contributed by atoms with Gasteiger partial charge in [0.2, 0.25) is 0 Å². The van der Waals surface area contributed by atoms with Gasteiger partial charge >= 0.3 is 0 Å². The van der Waals surface area contributed by atoms with Crippen molar-refractivity contribution in [3.63, 3.8) is 0 Å². The zero-order valence-electron chi connectivity index (χ0n) is 10.9. The first-order valence-electron chi connectivity index (χ1n) is 6.34. The third-order valence-electron chi connectivity index (χ3n) is 2.98. The number of nitrogens with zero attached hydrogens (tertiary/aromatic N) is 1. The summed E-state index contributed by atoms with van der Waals surface area (Å²) in [5.74, 6) is -0.192. The van der Waals surface area contributed by atoms with E-state index in [1.165, 1.54) is 11.6 Å². The Labute approximate surface area is 107 Å². The van der Waals surface area contributed by atoms with Crippen LogP contribution in [0.25, 0.3) is 0 Å². The normalized spacial score (nSPS) is 10.6. The second-order valence-electron chi connectivity index (χ2n) is 4.54. The third kappa shape index (κ3) is 2.92. The summed E-state index contributed by atoms with van der Waals surface area (Å²) in [5.41, 5.74) is 2.70. The predicted molar refractivity (Wildman–Crippen MR) is 73.2 cm³/mol. The van der Waals surface area contributed by atoms with Crippen LogP contribution in [0.5, 0.6) is 0 Å². The third-order valence-corrected chi connectivity index (χ3v) is 2.98. The lowest BCUT2D eigenvalue weighted by Gasteiger charge is -2.09. The number of hydrogen-bond donors (Lipinski definition) is 1. The Bertz CT molecular complexity index is 497. The highest BCUT2D eigenvalue weighted by Gasteiger charge is 2.04. The molecule has 0 fully saturated rings. The monoisotopic (exact) mass is 246 g/mol. The summed E-state index contributed by atoms with van der Waals surface area (Å²) in [6, 6.07) is 7.19. The molecule has 0 saturated heterocycles. The lowest BCUT2D eigenvalue weighted by molar-refractivity contribution is 0.629. The number of hydrogen-bond acceptors (Lipinski definition) is 1. The molecule has 96 valence electrons. The Morgan fingerprint density at radius 2 is 2.11 bits per heavy atom. The number of rotatable bonds is 5. The Hall–Kier alpha value is -1.77. The number of nitrogens with one attached hydrogen (secondary N) is 1. The van der Waals surface area contributed by atoms with E-state index in [9.17, 15) is 4.39 Å². The first-order valence-corrected chi connectivity index (χ1v) is 6.34. The first kappa shape index (κ1) is 12.7. The van der Waals surface area contributed by atoms with Crippen molar-refractivity contribution in [2.75, 3.05) is 5.32 Å². The van der Waals surface area contributed by atoms with E-state index in [4.69, 9.17) is 0 Å². The molecule has 0 radical (unpaired) electrons. The summed E-state index contributed by atoms with van der Waals surface area (Å²) < 4.78 is 15.8. The Balaban J connectivity index is 2.02. The second-order valence-corrected chi connectivity index (χ2v) is 4.54. The minimum Gasteiger partial charge on any atom is -0.378 e. The Morgan fingerprint density at radius 3 is 2.83 bits per heavy atom. The van der Waals surface area contributed by atoms with Crippen LogP contribution < -0.4 is 5.32 Å². The van der Waals surface area contributed by atoms with Gasteiger partial charge in [0.15, 0.2) is 0 Å². The fraction of sp³-hybridized carbons (Fsp3) is 0.333. The molecule has 0 atom stereocenters. The van der Waals surface area contributed by atoms with Gasteiger partial charge in [-0.1, -0.05) is 19.1 Å². The highest BCUT2D eigenvalue weighted by Crippen LogP contribution is 2.19. The molecule has 0 unspecified atom stereocenters. The quantitative estimate of drug-likeness (QED) is 0.845. The van der Waals surface area contributed by atoms with Gasteiger partial charge in [-0.05, 0) is 36.6 Å². The molecule has 0 saturated carbocycles. The van der Waals surface area contributed by atoms with Crippen molar-refractivity contribution >= 4 is 5.69 Å². The molecular weight excluding hydrogens is 227 g/mol. The standard InChI is InChI=1S/C15H19FN2/c1-3-8-18-9-7-13(11-18)10-17-15-12(2)5-4-6-14(15)16/h4-7,9,11,17H,3,8,10H2,1-2H3. The van der Waals surface area contributed by atoms with E-state index in [-0.39, 0.29) is 5.82 Å². The van der Waals surface area contributed by atoms with Gasteiger partial charge in [0.05, 0.1) is 5.69 Å². The van der Waals surface area contributed by atoms with Crippen LogP contribution in [0.3, 0.4) is 0 Å². The summed E-state index contributed by atoms with van der Waals surface area (Å²) in [6.45, 7) is 5.74. The number of benzene rings is 1. The van der Waals surface area contributed by atoms with Crippen LogP contribution in [0.4, 0.5) is 10.1 Å². The van der Waals surface area contributed by atoms with Crippen molar-refractivity contribution in [1.82, 2.24) is 4.57 Å². The first-order chi connectivity index (χ1) is 8.70. The predicted octanol–water partition coefficient (Wildman–Crippen LogP) is 3.96. The fourth-order valence-corrected chi connectivity index (χ4v) is 2.04. The van der Waals surface area contributed by atoms with Gasteiger partial charge < -0.3 is 9.88 Å². The van der Waals surface area contributed by atoms with Crippen molar-refractivity contribution < 1.29 is 4.39 Å². The summed E-state index contributed by atoms with van der Waals surface area (Å²) in [4.78, 5) is 0. The molecule has 0 aliphatic carbocycles. The maximum Gasteiger partial charge on any atom is 0.146 e. The van der Waals surface area contributed by atoms with Crippen LogP contribution in [-0.4, -0.2) is 4.57 Å². The van der Waals surface area contributed by atoms with Crippen LogP contribution >= 0.6 is 0 Å². The van der Waals surface area contributed by atoms with Gasteiger partial charge in [0, 0.05) is 25.5 Å². The van der Waals surface area contributed by atoms with E-state index in [1.807, 2.05) is 13.0 Å². The molecule has 1 heterocycles. The Morgan fingerprint density at radius 1 is 1.28 bits per heavy atom. The van der Waals surface area contributed by atoms with E-state index < -0.39 is 0 Å². The number of anilines is 1. The van der Waals surface area contributed by atoms with Gasteiger partial charge in [-0.3, -0.25) is 0 Å². The maximum absolute atomic E-state index is 13.6. The van der Waals surface area contributed by atoms with Gasteiger partial charge in [-0.25, -0.2) is 4.39 Å². The highest BCUT2D eigenvalue weighted by atomic mass is 19.1. The van der Waals surface area contributed by atoms with Gasteiger partial charge in [-0.2, -0.15) is 0 Å². The Kier molecular flexibility index (Phi) is 4.03. The largest absolute Gasteiger partial charge is 0.378 e. The summed E-state index contributed by atoms with van der Waals surface area (Å²) in [6.07, 6.45) is 5.29. The molecule has 1 aromatic heterocycles. The molecule has 0 amide bonds. The number of aryl methyl sites for hydroxylation is 2. The molecule has 0 spiro atoms. The van der Waals surface area contributed by atoms with Gasteiger partial charge in [-0.15, -0.1) is 0 Å². The van der Waals surface area contributed by atoms with E-state index >= 15 is 0 Å². The second kappa shape index (κ2) is 5.71. The lowest BCUT2D eigenvalue weighted by Crippen LogP contribution is -2.02. The molecule has 2 aromatic rings. The average molecular weight is 246 g/mol. The lowest BCUT2D eigenvalue weighted by atomic mass is 10.2. The molecule has 1 aromatic carbocycles. The number of halogens is 1. The number of para-hydroxylation sites is 1. The molecule has 2 rings (SSSR count). The fourth-order valence-electron chi connectivity index (χ4n) is 2.04. The minimum absolute atomic E-state index is 0.192. The topological polar surface area (TPSA) is 17.0 Å². The summed E-state index contributed by atoms with van der Waals surface area (Å²) in [5, 5.41) is 3.16. The van der Waals surface area contributed by atoms with Crippen molar-refractivity contribution in [2.24, 2.45) is 0 Å². The molecular formula is C15H19FN2. The van der Waals surface area contributed by atoms with E-state index in [1.54, 1.807) is 6.07 Å². The highest BCUT2D eigenvalue weighted by molar-refractivity contribution is 5.51.